The fourth-order valence-electron chi connectivity index (χ4n) is 4.70. The normalized spacial score (nSPS) is 13.3. The smallest absolute Gasteiger partial charge is 0.357 e. The first kappa shape index (κ1) is 27.5. The van der Waals surface area contributed by atoms with Crippen LogP contribution in [0, 0.1) is 0 Å². The summed E-state index contributed by atoms with van der Waals surface area (Å²) in [5.74, 6) is 0.131. The molecule has 0 atom stereocenters. The van der Waals surface area contributed by atoms with Gasteiger partial charge >= 0.3 is 5.97 Å². The lowest BCUT2D eigenvalue weighted by molar-refractivity contribution is 0.00615. The number of anilines is 2. The van der Waals surface area contributed by atoms with E-state index in [9.17, 15) is 9.59 Å². The van der Waals surface area contributed by atoms with E-state index in [1.54, 1.807) is 0 Å². The van der Waals surface area contributed by atoms with Gasteiger partial charge in [-0.25, -0.2) is 14.8 Å². The Morgan fingerprint density at radius 2 is 1.90 bits per heavy atom. The number of aryl methyl sites for hydroxylation is 1. The standard InChI is InChI=1S/C30H31IN4O3S/c1-30(2,3)38-28(37)26-20(9-7-16-31)13-14-25(33-26)35-17-15-19-8-6-10-21(22(19)18-35)27(36)34-29-32-23-11-4-5-12-24(23)39-29/h4-6,8,10-14H,7,9,15-18H2,1-3H3,(H,32,34,36). The number of nitrogens with zero attached hydrogens (tertiary/aromatic N) is 3. The lowest BCUT2D eigenvalue weighted by Crippen LogP contribution is -2.33. The number of nitrogens with one attached hydrogen (secondary N) is 1. The van der Waals surface area contributed by atoms with Crippen LogP contribution in [0.5, 0.6) is 0 Å². The number of carbonyl (C=O) groups excluding carboxylic acids is 2. The Labute approximate surface area is 246 Å². The number of benzene rings is 2. The molecule has 0 unspecified atom stereocenters. The molecule has 0 spiro atoms. The van der Waals surface area contributed by atoms with E-state index in [1.165, 1.54) is 11.3 Å². The zero-order valence-electron chi connectivity index (χ0n) is 22.3. The summed E-state index contributed by atoms with van der Waals surface area (Å²) in [5.41, 5.74) is 4.28. The number of hydrogen-bond donors (Lipinski definition) is 1. The Kier molecular flexibility index (Phi) is 8.18. The van der Waals surface area contributed by atoms with Gasteiger partial charge < -0.3 is 9.64 Å². The maximum Gasteiger partial charge on any atom is 0.357 e. The maximum absolute atomic E-state index is 13.4. The van der Waals surface area contributed by atoms with Gasteiger partial charge in [-0.15, -0.1) is 0 Å². The molecule has 0 fully saturated rings. The molecule has 0 saturated heterocycles. The van der Waals surface area contributed by atoms with Crippen molar-refractivity contribution >= 4 is 67.0 Å². The molecule has 0 saturated carbocycles. The Hall–Kier alpha value is -3.05. The minimum absolute atomic E-state index is 0.177. The van der Waals surface area contributed by atoms with E-state index in [2.05, 4.69) is 43.9 Å². The van der Waals surface area contributed by atoms with E-state index >= 15 is 0 Å². The molecule has 39 heavy (non-hydrogen) atoms. The molecule has 202 valence electrons. The summed E-state index contributed by atoms with van der Waals surface area (Å²) in [4.78, 5) is 38.0. The van der Waals surface area contributed by atoms with Crippen molar-refractivity contribution in [2.75, 3.05) is 21.2 Å². The van der Waals surface area contributed by atoms with E-state index in [1.807, 2.05) is 69.3 Å². The van der Waals surface area contributed by atoms with Crippen LogP contribution >= 0.6 is 33.9 Å². The maximum atomic E-state index is 13.4. The SMILES string of the molecule is CC(C)(C)OC(=O)c1nc(N2CCc3cccc(C(=O)Nc4nc5ccccc5s4)c3C2)ccc1CCCI. The van der Waals surface area contributed by atoms with Crippen LogP contribution in [0.15, 0.2) is 54.6 Å². The fraction of sp³-hybridized carbons (Fsp3) is 0.333. The van der Waals surface area contributed by atoms with Crippen LogP contribution in [0.4, 0.5) is 10.9 Å². The summed E-state index contributed by atoms with van der Waals surface area (Å²) in [5, 5.41) is 3.58. The fourth-order valence-corrected chi connectivity index (χ4v) is 5.94. The number of carbonyl (C=O) groups is 2. The number of esters is 1. The highest BCUT2D eigenvalue weighted by atomic mass is 127. The van der Waals surface area contributed by atoms with Gasteiger partial charge in [-0.2, -0.15) is 0 Å². The van der Waals surface area contributed by atoms with Crippen LogP contribution in [0.3, 0.4) is 0 Å². The molecule has 0 radical (unpaired) electrons. The van der Waals surface area contributed by atoms with Gasteiger partial charge in [0, 0.05) is 18.7 Å². The molecule has 3 heterocycles. The lowest BCUT2D eigenvalue weighted by Gasteiger charge is -2.31. The Morgan fingerprint density at radius 1 is 1.08 bits per heavy atom. The van der Waals surface area contributed by atoms with Crippen molar-refractivity contribution in [3.8, 4) is 0 Å². The first-order valence-electron chi connectivity index (χ1n) is 13.0. The molecular weight excluding hydrogens is 623 g/mol. The van der Waals surface area contributed by atoms with Crippen molar-refractivity contribution in [2.24, 2.45) is 0 Å². The second-order valence-corrected chi connectivity index (χ2v) is 12.6. The minimum Gasteiger partial charge on any atom is -0.455 e. The zero-order valence-corrected chi connectivity index (χ0v) is 25.3. The molecule has 1 aliphatic heterocycles. The number of thiazole rings is 1. The predicted molar refractivity (Wildman–Crippen MR) is 165 cm³/mol. The highest BCUT2D eigenvalue weighted by Crippen LogP contribution is 2.30. The van der Waals surface area contributed by atoms with Gasteiger partial charge in [0.05, 0.1) is 10.2 Å². The quantitative estimate of drug-likeness (QED) is 0.134. The highest BCUT2D eigenvalue weighted by Gasteiger charge is 2.26. The van der Waals surface area contributed by atoms with Crippen molar-refractivity contribution in [3.63, 3.8) is 0 Å². The van der Waals surface area contributed by atoms with Crippen molar-refractivity contribution in [3.05, 3.63) is 82.5 Å². The lowest BCUT2D eigenvalue weighted by atomic mass is 9.94. The van der Waals surface area contributed by atoms with Gasteiger partial charge in [-0.1, -0.05) is 64.3 Å². The van der Waals surface area contributed by atoms with Crippen LogP contribution in [0.2, 0.25) is 0 Å². The Bertz CT molecular complexity index is 1500. The largest absolute Gasteiger partial charge is 0.455 e. The summed E-state index contributed by atoms with van der Waals surface area (Å²) < 4.78 is 7.72. The van der Waals surface area contributed by atoms with E-state index in [-0.39, 0.29) is 5.91 Å². The number of fused-ring (bicyclic) bond motifs is 2. The van der Waals surface area contributed by atoms with Crippen LogP contribution in [0.25, 0.3) is 10.2 Å². The number of alkyl halides is 1. The first-order valence-corrected chi connectivity index (χ1v) is 15.4. The van der Waals surface area contributed by atoms with Gasteiger partial charge in [0.1, 0.15) is 11.4 Å². The summed E-state index contributed by atoms with van der Waals surface area (Å²) in [6, 6.07) is 17.7. The van der Waals surface area contributed by atoms with Gasteiger partial charge in [-0.3, -0.25) is 10.1 Å². The molecule has 1 aliphatic rings. The summed E-state index contributed by atoms with van der Waals surface area (Å²) in [6.07, 6.45) is 2.50. The molecule has 5 rings (SSSR count). The molecule has 2 aromatic carbocycles. The predicted octanol–water partition coefficient (Wildman–Crippen LogP) is 6.83. The van der Waals surface area contributed by atoms with E-state index < -0.39 is 11.6 Å². The van der Waals surface area contributed by atoms with Crippen molar-refractivity contribution in [1.82, 2.24) is 9.97 Å². The van der Waals surface area contributed by atoms with Crippen LogP contribution in [-0.4, -0.2) is 38.4 Å². The topological polar surface area (TPSA) is 84.4 Å². The van der Waals surface area contributed by atoms with Crippen molar-refractivity contribution in [2.45, 2.75) is 52.2 Å². The molecule has 0 aliphatic carbocycles. The third-order valence-electron chi connectivity index (χ3n) is 6.49. The molecule has 4 aromatic rings. The molecule has 1 amide bonds. The summed E-state index contributed by atoms with van der Waals surface area (Å²) in [6.45, 7) is 6.85. The van der Waals surface area contributed by atoms with E-state index in [0.717, 1.165) is 57.1 Å². The number of ether oxygens (including phenoxy) is 1. The van der Waals surface area contributed by atoms with Gasteiger partial charge in [0.15, 0.2) is 10.8 Å². The van der Waals surface area contributed by atoms with Crippen LogP contribution < -0.4 is 10.2 Å². The molecule has 1 N–H and O–H groups in total. The number of amides is 1. The third-order valence-corrected chi connectivity index (χ3v) is 8.21. The monoisotopic (exact) mass is 654 g/mol. The average molecular weight is 655 g/mol. The second kappa shape index (κ2) is 11.6. The number of rotatable bonds is 7. The second-order valence-electron chi connectivity index (χ2n) is 10.5. The van der Waals surface area contributed by atoms with E-state index in [4.69, 9.17) is 9.72 Å². The number of halogens is 1. The Morgan fingerprint density at radius 3 is 2.67 bits per heavy atom. The number of para-hydroxylation sites is 1. The molecule has 7 nitrogen and oxygen atoms in total. The molecular formula is C30H31IN4O3S. The van der Waals surface area contributed by atoms with Crippen LogP contribution in [0.1, 0.15) is 64.7 Å². The Balaban J connectivity index is 1.41. The van der Waals surface area contributed by atoms with Crippen molar-refractivity contribution in [1.29, 1.82) is 0 Å². The minimum atomic E-state index is -0.606. The highest BCUT2D eigenvalue weighted by molar-refractivity contribution is 14.1. The number of aromatic nitrogens is 2. The molecule has 2 aromatic heterocycles. The van der Waals surface area contributed by atoms with Crippen LogP contribution in [-0.2, 0) is 24.1 Å². The van der Waals surface area contributed by atoms with Gasteiger partial charge in [0.25, 0.3) is 5.91 Å². The van der Waals surface area contributed by atoms with E-state index in [0.29, 0.717) is 28.8 Å². The van der Waals surface area contributed by atoms with Gasteiger partial charge in [-0.05, 0) is 85.4 Å². The number of hydrogen-bond acceptors (Lipinski definition) is 7. The molecule has 0 bridgehead atoms. The zero-order chi connectivity index (χ0) is 27.6. The summed E-state index contributed by atoms with van der Waals surface area (Å²) >= 11 is 3.81. The molecule has 9 heteroatoms. The van der Waals surface area contributed by atoms with Crippen molar-refractivity contribution < 1.29 is 14.3 Å². The number of pyridine rings is 1. The van der Waals surface area contributed by atoms with Gasteiger partial charge in [0.2, 0.25) is 0 Å². The first-order chi connectivity index (χ1) is 18.7. The summed E-state index contributed by atoms with van der Waals surface area (Å²) in [7, 11) is 0. The third kappa shape index (κ3) is 6.41. The average Bonchev–Trinajstić information content (AvgIpc) is 3.32.